The number of primary amides is 1. The summed E-state index contributed by atoms with van der Waals surface area (Å²) in [6.07, 6.45) is 4.45. The van der Waals surface area contributed by atoms with Gasteiger partial charge in [-0.2, -0.15) is 0 Å². The van der Waals surface area contributed by atoms with Gasteiger partial charge in [-0.3, -0.25) is 0 Å². The molecule has 0 aliphatic heterocycles. The highest BCUT2D eigenvalue weighted by molar-refractivity contribution is 5.64. The molecular weight excluding hydrogens is 204 g/mol. The number of hydrogen-bond acceptors (Lipinski definition) is 3. The van der Waals surface area contributed by atoms with Gasteiger partial charge in [0.2, 0.25) is 0 Å². The monoisotopic (exact) mass is 228 g/mol. The smallest absolute Gasteiger partial charge is 0.404 e. The van der Waals surface area contributed by atoms with Crippen LogP contribution in [0.5, 0.6) is 0 Å². The van der Waals surface area contributed by atoms with E-state index in [9.17, 15) is 4.79 Å². The molecule has 0 aromatic heterocycles. The topological polar surface area (TPSA) is 64.3 Å². The molecule has 1 aliphatic rings. The van der Waals surface area contributed by atoms with Gasteiger partial charge in [0.25, 0.3) is 0 Å². The first-order chi connectivity index (χ1) is 7.59. The number of carbonyl (C=O) groups excluding carboxylic acids is 1. The number of nitrogens with one attached hydrogen (secondary N) is 1. The van der Waals surface area contributed by atoms with Crippen molar-refractivity contribution in [2.75, 3.05) is 13.2 Å². The van der Waals surface area contributed by atoms with E-state index >= 15 is 0 Å². The van der Waals surface area contributed by atoms with Crippen molar-refractivity contribution >= 4 is 6.09 Å². The van der Waals surface area contributed by atoms with Crippen LogP contribution in [0, 0.1) is 11.8 Å². The SMILES string of the molecule is CC(C)C1CCCC(NCCOC(N)=O)C1. The normalized spacial score (nSPS) is 25.7. The fraction of sp³-hybridized carbons (Fsp3) is 0.917. The Bertz CT molecular complexity index is 219. The van der Waals surface area contributed by atoms with Gasteiger partial charge >= 0.3 is 6.09 Å². The number of amides is 1. The predicted octanol–water partition coefficient (Wildman–Crippen LogP) is 1.89. The zero-order valence-electron chi connectivity index (χ0n) is 10.4. The van der Waals surface area contributed by atoms with E-state index in [1.54, 1.807) is 0 Å². The molecule has 0 heterocycles. The summed E-state index contributed by atoms with van der Waals surface area (Å²) in [5.41, 5.74) is 4.88. The predicted molar refractivity (Wildman–Crippen MR) is 64.1 cm³/mol. The first-order valence-electron chi connectivity index (χ1n) is 6.25. The lowest BCUT2D eigenvalue weighted by Crippen LogP contribution is -2.37. The van der Waals surface area contributed by atoms with E-state index < -0.39 is 6.09 Å². The molecule has 1 saturated carbocycles. The molecule has 1 fully saturated rings. The van der Waals surface area contributed by atoms with Crippen LogP contribution in [-0.2, 0) is 4.74 Å². The second-order valence-corrected chi connectivity index (χ2v) is 4.99. The molecule has 4 heteroatoms. The summed E-state index contributed by atoms with van der Waals surface area (Å²) in [6, 6.07) is 0.581. The standard InChI is InChI=1S/C12H24N2O2/c1-9(2)10-4-3-5-11(8-10)14-6-7-16-12(13)15/h9-11,14H,3-8H2,1-2H3,(H2,13,15). The lowest BCUT2D eigenvalue weighted by molar-refractivity contribution is 0.152. The van der Waals surface area contributed by atoms with Crippen LogP contribution in [0.4, 0.5) is 4.79 Å². The Morgan fingerprint density at radius 2 is 2.25 bits per heavy atom. The molecule has 4 nitrogen and oxygen atoms in total. The molecule has 0 bridgehead atoms. The quantitative estimate of drug-likeness (QED) is 0.706. The van der Waals surface area contributed by atoms with Crippen molar-refractivity contribution in [1.82, 2.24) is 5.32 Å². The molecule has 1 rings (SSSR count). The summed E-state index contributed by atoms with van der Waals surface area (Å²) < 4.78 is 4.68. The lowest BCUT2D eigenvalue weighted by atomic mass is 9.79. The van der Waals surface area contributed by atoms with E-state index in [0.717, 1.165) is 11.8 Å². The third-order valence-electron chi connectivity index (χ3n) is 3.44. The fourth-order valence-corrected chi connectivity index (χ4v) is 2.43. The van der Waals surface area contributed by atoms with E-state index in [-0.39, 0.29) is 0 Å². The van der Waals surface area contributed by atoms with E-state index in [2.05, 4.69) is 23.9 Å². The van der Waals surface area contributed by atoms with Crippen molar-refractivity contribution in [2.24, 2.45) is 17.6 Å². The van der Waals surface area contributed by atoms with Gasteiger partial charge < -0.3 is 15.8 Å². The second-order valence-electron chi connectivity index (χ2n) is 4.99. The summed E-state index contributed by atoms with van der Waals surface area (Å²) in [5, 5.41) is 3.43. The Morgan fingerprint density at radius 3 is 2.88 bits per heavy atom. The highest BCUT2D eigenvalue weighted by atomic mass is 16.5. The summed E-state index contributed by atoms with van der Waals surface area (Å²) in [5.74, 6) is 1.61. The Hall–Kier alpha value is -0.770. The Labute approximate surface area is 97.9 Å². The summed E-state index contributed by atoms with van der Waals surface area (Å²) in [4.78, 5) is 10.4. The molecular formula is C12H24N2O2. The van der Waals surface area contributed by atoms with Crippen LogP contribution < -0.4 is 11.1 Å². The van der Waals surface area contributed by atoms with Gasteiger partial charge in [0.1, 0.15) is 6.61 Å². The average molecular weight is 228 g/mol. The van der Waals surface area contributed by atoms with Gasteiger partial charge in [0.05, 0.1) is 0 Å². The first kappa shape index (κ1) is 13.3. The van der Waals surface area contributed by atoms with Gasteiger partial charge in [0, 0.05) is 12.6 Å². The van der Waals surface area contributed by atoms with Crippen molar-refractivity contribution < 1.29 is 9.53 Å². The molecule has 0 spiro atoms. The van der Waals surface area contributed by atoms with Gasteiger partial charge in [-0.25, -0.2) is 4.79 Å². The molecule has 1 aliphatic carbocycles. The number of rotatable bonds is 5. The zero-order valence-corrected chi connectivity index (χ0v) is 10.4. The molecule has 1 amide bonds. The zero-order chi connectivity index (χ0) is 12.0. The van der Waals surface area contributed by atoms with Crippen LogP contribution in [-0.4, -0.2) is 25.3 Å². The number of hydrogen-bond donors (Lipinski definition) is 2. The summed E-state index contributed by atoms with van der Waals surface area (Å²) in [7, 11) is 0. The van der Waals surface area contributed by atoms with E-state index in [0.29, 0.717) is 19.2 Å². The maximum absolute atomic E-state index is 10.4. The van der Waals surface area contributed by atoms with Gasteiger partial charge in [-0.1, -0.05) is 26.7 Å². The molecule has 0 aromatic rings. The maximum Gasteiger partial charge on any atom is 0.404 e. The lowest BCUT2D eigenvalue weighted by Gasteiger charge is -2.32. The van der Waals surface area contributed by atoms with Crippen molar-refractivity contribution in [2.45, 2.75) is 45.6 Å². The summed E-state index contributed by atoms with van der Waals surface area (Å²) in [6.45, 7) is 5.67. The second kappa shape index (κ2) is 6.74. The molecule has 0 saturated heterocycles. The van der Waals surface area contributed by atoms with Gasteiger partial charge in [-0.05, 0) is 24.7 Å². The average Bonchev–Trinajstić information content (AvgIpc) is 2.24. The maximum atomic E-state index is 10.4. The Morgan fingerprint density at radius 1 is 1.50 bits per heavy atom. The molecule has 16 heavy (non-hydrogen) atoms. The van der Waals surface area contributed by atoms with Crippen molar-refractivity contribution in [1.29, 1.82) is 0 Å². The first-order valence-corrected chi connectivity index (χ1v) is 6.25. The van der Waals surface area contributed by atoms with Crippen molar-refractivity contribution in [3.8, 4) is 0 Å². The van der Waals surface area contributed by atoms with Crippen LogP contribution in [0.1, 0.15) is 39.5 Å². The minimum Gasteiger partial charge on any atom is -0.448 e. The Balaban J connectivity index is 2.14. The summed E-state index contributed by atoms with van der Waals surface area (Å²) >= 11 is 0. The molecule has 3 N–H and O–H groups in total. The molecule has 0 aromatic carbocycles. The third kappa shape index (κ3) is 4.84. The van der Waals surface area contributed by atoms with Crippen LogP contribution >= 0.6 is 0 Å². The molecule has 2 unspecified atom stereocenters. The van der Waals surface area contributed by atoms with Crippen molar-refractivity contribution in [3.63, 3.8) is 0 Å². The fourth-order valence-electron chi connectivity index (χ4n) is 2.43. The molecule has 0 radical (unpaired) electrons. The van der Waals surface area contributed by atoms with Crippen LogP contribution in [0.15, 0.2) is 0 Å². The molecule has 94 valence electrons. The van der Waals surface area contributed by atoms with Crippen LogP contribution in [0.2, 0.25) is 0 Å². The third-order valence-corrected chi connectivity index (χ3v) is 3.44. The highest BCUT2D eigenvalue weighted by Crippen LogP contribution is 2.29. The van der Waals surface area contributed by atoms with E-state index in [1.807, 2.05) is 0 Å². The van der Waals surface area contributed by atoms with Gasteiger partial charge in [0.15, 0.2) is 0 Å². The molecule has 2 atom stereocenters. The van der Waals surface area contributed by atoms with E-state index in [4.69, 9.17) is 5.73 Å². The minimum atomic E-state index is -0.689. The van der Waals surface area contributed by atoms with Crippen molar-refractivity contribution in [3.05, 3.63) is 0 Å². The Kier molecular flexibility index (Phi) is 5.60. The number of nitrogens with two attached hydrogens (primary N) is 1. The van der Waals surface area contributed by atoms with E-state index in [1.165, 1.54) is 25.7 Å². The largest absolute Gasteiger partial charge is 0.448 e. The van der Waals surface area contributed by atoms with Crippen LogP contribution in [0.25, 0.3) is 0 Å². The number of carbonyl (C=O) groups is 1. The minimum absolute atomic E-state index is 0.373. The highest BCUT2D eigenvalue weighted by Gasteiger charge is 2.23. The van der Waals surface area contributed by atoms with Crippen LogP contribution in [0.3, 0.4) is 0 Å². The number of ether oxygens (including phenoxy) is 1. The van der Waals surface area contributed by atoms with Gasteiger partial charge in [-0.15, -0.1) is 0 Å².